The second kappa shape index (κ2) is 27.3. The number of aliphatic hydroxyl groups excluding tert-OH is 18. The molecule has 5 heterocycles. The van der Waals surface area contributed by atoms with Gasteiger partial charge in [0.25, 0.3) is 0 Å². The van der Waals surface area contributed by atoms with Gasteiger partial charge in [0.1, 0.15) is 116 Å². The summed E-state index contributed by atoms with van der Waals surface area (Å²) in [5.74, 6) is -1.12. The summed E-state index contributed by atoms with van der Waals surface area (Å²) in [6, 6.07) is 0. The Hall–Kier alpha value is -1.91. The monoisotopic (exact) mass is 1330 g/mol. The molecule has 0 radical (unpaired) electrons. The molecule has 0 spiro atoms. The van der Waals surface area contributed by atoms with Gasteiger partial charge in [-0.15, -0.1) is 0 Å². The van der Waals surface area contributed by atoms with E-state index in [0.29, 0.717) is 38.5 Å². The van der Waals surface area contributed by atoms with Gasteiger partial charge in [0.05, 0.1) is 58.0 Å². The van der Waals surface area contributed by atoms with Crippen LogP contribution in [0.3, 0.4) is 0 Å². The molecule has 0 aromatic heterocycles. The average molecular weight is 1330 g/mol. The highest BCUT2D eigenvalue weighted by Crippen LogP contribution is 2.76. The largest absolute Gasteiger partial charge is 0.457 e. The van der Waals surface area contributed by atoms with Gasteiger partial charge in [-0.1, -0.05) is 60.1 Å². The number of allylic oxidation sites excluding steroid dienone is 2. The Morgan fingerprint density at radius 1 is 0.489 bits per heavy atom. The van der Waals surface area contributed by atoms with E-state index in [1.165, 1.54) is 0 Å². The first-order valence-electron chi connectivity index (χ1n) is 32.4. The number of rotatable bonds is 17. The Morgan fingerprint density at radius 3 is 1.52 bits per heavy atom. The molecule has 0 amide bonds. The Balaban J connectivity index is 0.895. The van der Waals surface area contributed by atoms with E-state index in [1.807, 2.05) is 13.8 Å². The predicted molar refractivity (Wildman–Crippen MR) is 308 cm³/mol. The standard InChI is InChI=1S/C62H102O30/c1-24(66)85-48-31(22-83-53-45(77)40(72)36(68)28(19-64)87-53)90-54(47(79)43(48)75)91-34-12-13-59(6)32(58(34,4)5)11-14-61(8)33(59)10-9-25-26-17-57(2,3)50(80)51(81)62(26,16-15-60(25,61)7)23-84-56-49(92-55-46(78)41(73)37(69)29(20-65)88-55)42(74)38(70)30(89-56)21-82-52-44(76)39(71)35(67)27(18-63)86-52/h9,26-56,63-65,67-81H,10-23H2,1-8H3. The molecule has 10 rings (SSSR count). The van der Waals surface area contributed by atoms with Crippen LogP contribution in [0, 0.1) is 50.2 Å². The van der Waals surface area contributed by atoms with Crippen molar-refractivity contribution in [3.05, 3.63) is 11.6 Å². The maximum absolute atomic E-state index is 12.8. The Labute approximate surface area is 533 Å². The van der Waals surface area contributed by atoms with Crippen molar-refractivity contribution in [2.45, 2.75) is 279 Å². The van der Waals surface area contributed by atoms with E-state index in [4.69, 9.17) is 52.1 Å². The summed E-state index contributed by atoms with van der Waals surface area (Å²) < 4.78 is 65.9. The molecule has 0 aromatic rings. The van der Waals surface area contributed by atoms with Crippen LogP contribution in [0.1, 0.15) is 107 Å². The molecule has 5 aliphatic carbocycles. The minimum atomic E-state index is -1.98. The molecule has 35 atom stereocenters. The van der Waals surface area contributed by atoms with Crippen LogP contribution >= 0.6 is 0 Å². The number of carbonyl (C=O) groups is 1. The first kappa shape index (κ1) is 72.8. The van der Waals surface area contributed by atoms with Gasteiger partial charge in [-0.05, 0) is 96.2 Å². The number of fused-ring (bicyclic) bond motifs is 7. The summed E-state index contributed by atoms with van der Waals surface area (Å²) in [6.45, 7) is 12.2. The topological polar surface area (TPSA) is 483 Å². The molecule has 30 nitrogen and oxygen atoms in total. The van der Waals surface area contributed by atoms with Crippen molar-refractivity contribution >= 4 is 5.97 Å². The lowest BCUT2D eigenvalue weighted by Crippen LogP contribution is -2.69. The van der Waals surface area contributed by atoms with Gasteiger partial charge in [0, 0.05) is 12.3 Å². The molecule has 10 aliphatic rings. The van der Waals surface area contributed by atoms with Gasteiger partial charge in [-0.25, -0.2) is 0 Å². The second-order valence-corrected chi connectivity index (χ2v) is 29.9. The fourth-order valence-electron chi connectivity index (χ4n) is 18.3. The highest BCUT2D eigenvalue weighted by molar-refractivity contribution is 5.66. The minimum Gasteiger partial charge on any atom is -0.457 e. The molecule has 9 fully saturated rings. The molecular weight excluding hydrogens is 1220 g/mol. The zero-order chi connectivity index (χ0) is 67.4. The molecule has 0 aromatic carbocycles. The molecular formula is C62H102O30. The third-order valence-electron chi connectivity index (χ3n) is 24.1. The first-order chi connectivity index (χ1) is 43.1. The average Bonchev–Trinajstić information content (AvgIpc) is 0.664. The van der Waals surface area contributed by atoms with Gasteiger partial charge < -0.3 is 144 Å². The van der Waals surface area contributed by atoms with Crippen LogP contribution < -0.4 is 0 Å². The lowest BCUT2D eigenvalue weighted by Gasteiger charge is -2.72. The lowest BCUT2D eigenvalue weighted by atomic mass is 9.33. The Kier molecular flexibility index (Phi) is 21.6. The highest BCUT2D eigenvalue weighted by atomic mass is 16.8. The van der Waals surface area contributed by atoms with E-state index in [9.17, 15) is 96.7 Å². The highest BCUT2D eigenvalue weighted by Gasteiger charge is 2.71. The van der Waals surface area contributed by atoms with Crippen molar-refractivity contribution in [2.24, 2.45) is 50.2 Å². The van der Waals surface area contributed by atoms with Crippen LogP contribution in [-0.2, 0) is 56.9 Å². The van der Waals surface area contributed by atoms with Gasteiger partial charge in [0.15, 0.2) is 37.6 Å². The quantitative estimate of drug-likeness (QED) is 0.0368. The number of ether oxygens (including phenoxy) is 11. The summed E-state index contributed by atoms with van der Waals surface area (Å²) >= 11 is 0. The predicted octanol–water partition coefficient (Wildman–Crippen LogP) is -5.23. The van der Waals surface area contributed by atoms with E-state index in [-0.39, 0.29) is 29.3 Å². The van der Waals surface area contributed by atoms with E-state index >= 15 is 0 Å². The van der Waals surface area contributed by atoms with Gasteiger partial charge in [-0.3, -0.25) is 4.79 Å². The molecule has 5 aliphatic heterocycles. The lowest BCUT2D eigenvalue weighted by molar-refractivity contribution is -0.376. The summed E-state index contributed by atoms with van der Waals surface area (Å²) in [6.07, 6.45) is -38.5. The van der Waals surface area contributed by atoms with Crippen LogP contribution in [0.5, 0.6) is 0 Å². The minimum absolute atomic E-state index is 0.0331. The van der Waals surface area contributed by atoms with Gasteiger partial charge >= 0.3 is 5.97 Å². The molecule has 35 unspecified atom stereocenters. The summed E-state index contributed by atoms with van der Waals surface area (Å²) in [5.41, 5.74) is -2.77. The van der Waals surface area contributed by atoms with Crippen LogP contribution in [-0.4, -0.2) is 309 Å². The number of aliphatic hydroxyl groups is 18. The van der Waals surface area contributed by atoms with Gasteiger partial charge in [0.2, 0.25) is 0 Å². The maximum Gasteiger partial charge on any atom is 0.303 e. The number of hydrogen-bond acceptors (Lipinski definition) is 30. The Morgan fingerprint density at radius 2 is 0.967 bits per heavy atom. The van der Waals surface area contributed by atoms with Crippen molar-refractivity contribution in [2.75, 3.05) is 39.6 Å². The second-order valence-electron chi connectivity index (χ2n) is 29.9. The Bertz CT molecular complexity index is 2540. The molecule has 0 bridgehead atoms. The number of hydrogen-bond donors (Lipinski definition) is 18. The zero-order valence-electron chi connectivity index (χ0n) is 53.3. The van der Waals surface area contributed by atoms with E-state index < -0.39 is 238 Å². The van der Waals surface area contributed by atoms with E-state index in [0.717, 1.165) is 25.3 Å². The maximum atomic E-state index is 12.8. The summed E-state index contributed by atoms with van der Waals surface area (Å²) in [5, 5.41) is 197. The normalized spacial score (nSPS) is 53.4. The molecule has 530 valence electrons. The SMILES string of the molecule is CC(=O)OC1C(COC2OC(CO)C(O)C(O)C2O)OC(OC2CCC3(C)C(CCC4(C)C3CC=C3C5CC(C)(C)C(O)C(O)C5(COC5OC(COC6OC(CO)C(O)C(O)C6O)C(O)C(O)C5OC5OC(CO)C(O)C(O)C5O)CCC34C)C2(C)C)C(O)C1O. The molecule has 5 saturated heterocycles. The third kappa shape index (κ3) is 12.4. The molecule has 18 N–H and O–H groups in total. The van der Waals surface area contributed by atoms with Crippen LogP contribution in [0.25, 0.3) is 0 Å². The van der Waals surface area contributed by atoms with Crippen molar-refractivity contribution in [3.63, 3.8) is 0 Å². The van der Waals surface area contributed by atoms with E-state index in [1.54, 1.807) is 0 Å². The number of esters is 1. The molecule has 92 heavy (non-hydrogen) atoms. The fourth-order valence-corrected chi connectivity index (χ4v) is 18.3. The number of carbonyl (C=O) groups excluding carboxylic acids is 1. The molecule has 30 heteroatoms. The summed E-state index contributed by atoms with van der Waals surface area (Å²) in [7, 11) is 0. The fraction of sp³-hybridized carbons (Fsp3) is 0.952. The van der Waals surface area contributed by atoms with Crippen LogP contribution in [0.2, 0.25) is 0 Å². The van der Waals surface area contributed by atoms with Crippen LogP contribution in [0.15, 0.2) is 11.6 Å². The van der Waals surface area contributed by atoms with Crippen molar-refractivity contribution in [1.82, 2.24) is 0 Å². The molecule has 4 saturated carbocycles. The smallest absolute Gasteiger partial charge is 0.303 e. The van der Waals surface area contributed by atoms with Crippen molar-refractivity contribution in [1.29, 1.82) is 0 Å². The third-order valence-corrected chi connectivity index (χ3v) is 24.1. The van der Waals surface area contributed by atoms with E-state index in [2.05, 4.69) is 40.7 Å². The summed E-state index contributed by atoms with van der Waals surface area (Å²) in [4.78, 5) is 12.3. The zero-order valence-corrected chi connectivity index (χ0v) is 53.3. The first-order valence-corrected chi connectivity index (χ1v) is 32.4. The van der Waals surface area contributed by atoms with Crippen molar-refractivity contribution < 1.29 is 149 Å². The van der Waals surface area contributed by atoms with Crippen LogP contribution in [0.4, 0.5) is 0 Å². The van der Waals surface area contributed by atoms with Crippen molar-refractivity contribution in [3.8, 4) is 0 Å². The van der Waals surface area contributed by atoms with Gasteiger partial charge in [-0.2, -0.15) is 0 Å².